The molecule has 2 aromatic rings. The minimum atomic E-state index is -0.572. The molecule has 0 aliphatic carbocycles. The molecule has 2 aromatic carbocycles. The average Bonchev–Trinajstić information content (AvgIpc) is 2.63. The van der Waals surface area contributed by atoms with Gasteiger partial charge in [-0.05, 0) is 35.9 Å². The Morgan fingerprint density at radius 3 is 2.38 bits per heavy atom. The van der Waals surface area contributed by atoms with Crippen LogP contribution in [0.1, 0.15) is 26.3 Å². The zero-order valence-corrected chi connectivity index (χ0v) is 14.6. The maximum absolute atomic E-state index is 12.3. The van der Waals surface area contributed by atoms with E-state index in [0.29, 0.717) is 29.1 Å². The Hall–Kier alpha value is -3.35. The molecule has 7 heteroatoms. The number of fused-ring (bicyclic) bond motifs is 1. The van der Waals surface area contributed by atoms with E-state index in [2.05, 4.69) is 0 Å². The van der Waals surface area contributed by atoms with Crippen LogP contribution in [-0.2, 0) is 11.3 Å². The van der Waals surface area contributed by atoms with Crippen LogP contribution >= 0.6 is 0 Å². The summed E-state index contributed by atoms with van der Waals surface area (Å²) in [7, 11) is 3.38. The molecular weight excluding hydrogens is 334 g/mol. The summed E-state index contributed by atoms with van der Waals surface area (Å²) in [5.41, 5.74) is 7.57. The van der Waals surface area contributed by atoms with Crippen molar-refractivity contribution in [2.45, 2.75) is 6.54 Å². The van der Waals surface area contributed by atoms with Crippen molar-refractivity contribution in [1.29, 1.82) is 0 Å². The van der Waals surface area contributed by atoms with E-state index in [4.69, 9.17) is 10.5 Å². The third-order valence-electron chi connectivity index (χ3n) is 4.13. The van der Waals surface area contributed by atoms with Crippen molar-refractivity contribution in [2.24, 2.45) is 5.73 Å². The average molecular weight is 353 g/mol. The minimum Gasteiger partial charge on any atom is -0.482 e. The normalized spacial score (nSPS) is 13.0. The Balaban J connectivity index is 1.88. The number of hydrogen-bond donors (Lipinski definition) is 1. The molecule has 0 spiro atoms. The lowest BCUT2D eigenvalue weighted by atomic mass is 10.1. The molecule has 0 unspecified atom stereocenters. The molecule has 0 fully saturated rings. The van der Waals surface area contributed by atoms with Crippen molar-refractivity contribution in [3.05, 3.63) is 59.2 Å². The maximum Gasteiger partial charge on any atom is 0.265 e. The number of carbonyl (C=O) groups excluding carboxylic acids is 3. The molecule has 0 bridgehead atoms. The van der Waals surface area contributed by atoms with E-state index in [1.807, 2.05) is 0 Å². The molecule has 1 aliphatic rings. The number of ether oxygens (including phenoxy) is 1. The van der Waals surface area contributed by atoms with Crippen LogP contribution in [0, 0.1) is 0 Å². The first-order valence-electron chi connectivity index (χ1n) is 8.04. The Kier molecular flexibility index (Phi) is 4.62. The van der Waals surface area contributed by atoms with Gasteiger partial charge >= 0.3 is 0 Å². The SMILES string of the molecule is CN(C)C(=O)c1ccc(CN2C(=O)COc3ccc(C(N)=O)cc32)cc1. The molecule has 7 nitrogen and oxygen atoms in total. The van der Waals surface area contributed by atoms with Crippen LogP contribution in [0.4, 0.5) is 5.69 Å². The lowest BCUT2D eigenvalue weighted by Gasteiger charge is -2.29. The van der Waals surface area contributed by atoms with Gasteiger partial charge in [0.1, 0.15) is 5.75 Å². The second-order valence-electron chi connectivity index (χ2n) is 6.21. The summed E-state index contributed by atoms with van der Waals surface area (Å²) in [4.78, 5) is 38.8. The highest BCUT2D eigenvalue weighted by Gasteiger charge is 2.26. The molecule has 1 heterocycles. The third kappa shape index (κ3) is 3.37. The summed E-state index contributed by atoms with van der Waals surface area (Å²) in [5, 5.41) is 0. The molecule has 1 aliphatic heterocycles. The number of nitrogens with zero attached hydrogens (tertiary/aromatic N) is 2. The Morgan fingerprint density at radius 1 is 1.12 bits per heavy atom. The molecule has 0 aromatic heterocycles. The van der Waals surface area contributed by atoms with Gasteiger partial charge < -0.3 is 20.3 Å². The van der Waals surface area contributed by atoms with Gasteiger partial charge in [0, 0.05) is 25.2 Å². The first-order valence-corrected chi connectivity index (χ1v) is 8.04. The highest BCUT2D eigenvalue weighted by Crippen LogP contribution is 2.34. The first kappa shape index (κ1) is 17.5. The largest absolute Gasteiger partial charge is 0.482 e. The van der Waals surface area contributed by atoms with Gasteiger partial charge in [0.15, 0.2) is 6.61 Å². The lowest BCUT2D eigenvalue weighted by Crippen LogP contribution is -2.38. The lowest BCUT2D eigenvalue weighted by molar-refractivity contribution is -0.121. The third-order valence-corrected chi connectivity index (χ3v) is 4.13. The number of anilines is 1. The van der Waals surface area contributed by atoms with Crippen molar-refractivity contribution in [1.82, 2.24) is 4.90 Å². The fraction of sp³-hybridized carbons (Fsp3) is 0.211. The van der Waals surface area contributed by atoms with Gasteiger partial charge in [-0.1, -0.05) is 12.1 Å². The predicted molar refractivity (Wildman–Crippen MR) is 96.1 cm³/mol. The van der Waals surface area contributed by atoms with E-state index >= 15 is 0 Å². The van der Waals surface area contributed by atoms with Gasteiger partial charge in [-0.25, -0.2) is 0 Å². The van der Waals surface area contributed by atoms with Gasteiger partial charge in [-0.15, -0.1) is 0 Å². The predicted octanol–water partition coefficient (Wildman–Crippen LogP) is 1.41. The number of benzene rings is 2. The van der Waals surface area contributed by atoms with E-state index in [1.54, 1.807) is 61.5 Å². The molecule has 0 atom stereocenters. The summed E-state index contributed by atoms with van der Waals surface area (Å²) in [6.45, 7) is 0.230. The second kappa shape index (κ2) is 6.87. The van der Waals surface area contributed by atoms with E-state index in [9.17, 15) is 14.4 Å². The fourth-order valence-corrected chi connectivity index (χ4v) is 2.72. The maximum atomic E-state index is 12.3. The van der Waals surface area contributed by atoms with Crippen LogP contribution in [-0.4, -0.2) is 43.3 Å². The van der Waals surface area contributed by atoms with Crippen molar-refractivity contribution < 1.29 is 19.1 Å². The van der Waals surface area contributed by atoms with Crippen LogP contribution in [0.3, 0.4) is 0 Å². The molecule has 2 N–H and O–H groups in total. The number of primary amides is 1. The van der Waals surface area contributed by atoms with E-state index < -0.39 is 5.91 Å². The molecular formula is C19H19N3O4. The van der Waals surface area contributed by atoms with Crippen LogP contribution in [0.5, 0.6) is 5.75 Å². The van der Waals surface area contributed by atoms with Crippen molar-refractivity contribution in [3.8, 4) is 5.75 Å². The van der Waals surface area contributed by atoms with Gasteiger partial charge in [-0.3, -0.25) is 14.4 Å². The van der Waals surface area contributed by atoms with Crippen molar-refractivity contribution in [3.63, 3.8) is 0 Å². The molecule has 3 rings (SSSR count). The van der Waals surface area contributed by atoms with Crippen LogP contribution < -0.4 is 15.4 Å². The number of carbonyl (C=O) groups is 3. The van der Waals surface area contributed by atoms with Gasteiger partial charge in [0.2, 0.25) is 5.91 Å². The standard InChI is InChI=1S/C19H19N3O4/c1-21(2)19(25)13-5-3-12(4-6-13)10-22-15-9-14(18(20)24)7-8-16(15)26-11-17(22)23/h3-9H,10-11H2,1-2H3,(H2,20,24). The number of amides is 3. The molecule has 3 amide bonds. The topological polar surface area (TPSA) is 92.9 Å². The first-order chi connectivity index (χ1) is 12.4. The Labute approximate surface area is 150 Å². The fourth-order valence-electron chi connectivity index (χ4n) is 2.72. The smallest absolute Gasteiger partial charge is 0.265 e. The molecule has 26 heavy (non-hydrogen) atoms. The van der Waals surface area contributed by atoms with Gasteiger partial charge in [0.05, 0.1) is 12.2 Å². The quantitative estimate of drug-likeness (QED) is 0.899. The van der Waals surface area contributed by atoms with E-state index in [1.165, 1.54) is 4.90 Å². The summed E-state index contributed by atoms with van der Waals surface area (Å²) in [5.74, 6) is -0.352. The number of nitrogens with two attached hydrogens (primary N) is 1. The molecule has 0 saturated heterocycles. The van der Waals surface area contributed by atoms with Crippen LogP contribution in [0.2, 0.25) is 0 Å². The minimum absolute atomic E-state index is 0.0693. The van der Waals surface area contributed by atoms with E-state index in [-0.39, 0.29) is 18.4 Å². The van der Waals surface area contributed by atoms with Crippen LogP contribution in [0.25, 0.3) is 0 Å². The second-order valence-corrected chi connectivity index (χ2v) is 6.21. The molecule has 0 radical (unpaired) electrons. The highest BCUT2D eigenvalue weighted by atomic mass is 16.5. The number of rotatable bonds is 4. The van der Waals surface area contributed by atoms with Crippen LogP contribution in [0.15, 0.2) is 42.5 Å². The van der Waals surface area contributed by atoms with Gasteiger partial charge in [-0.2, -0.15) is 0 Å². The van der Waals surface area contributed by atoms with Crippen molar-refractivity contribution in [2.75, 3.05) is 25.6 Å². The summed E-state index contributed by atoms with van der Waals surface area (Å²) in [6, 6.07) is 11.8. The zero-order chi connectivity index (χ0) is 18.8. The zero-order valence-electron chi connectivity index (χ0n) is 14.6. The number of hydrogen-bond acceptors (Lipinski definition) is 4. The summed E-state index contributed by atoms with van der Waals surface area (Å²) in [6.07, 6.45) is 0. The van der Waals surface area contributed by atoms with Gasteiger partial charge in [0.25, 0.3) is 11.8 Å². The summed E-state index contributed by atoms with van der Waals surface area (Å²) < 4.78 is 5.42. The molecule has 0 saturated carbocycles. The Bertz CT molecular complexity index is 875. The summed E-state index contributed by atoms with van der Waals surface area (Å²) >= 11 is 0. The van der Waals surface area contributed by atoms with Crippen molar-refractivity contribution >= 4 is 23.4 Å². The monoisotopic (exact) mass is 353 g/mol. The van der Waals surface area contributed by atoms with E-state index in [0.717, 1.165) is 5.56 Å². The Morgan fingerprint density at radius 2 is 1.77 bits per heavy atom. The highest BCUT2D eigenvalue weighted by molar-refractivity contribution is 6.01. The molecule has 134 valence electrons.